The molecule has 0 aliphatic carbocycles. The average molecular weight is 382 g/mol. The Labute approximate surface area is 139 Å². The van der Waals surface area contributed by atoms with Crippen LogP contribution in [0.15, 0.2) is 40.9 Å². The number of nitrogens with zero attached hydrogens (tertiary/aromatic N) is 1. The molecule has 0 bridgehead atoms. The van der Waals surface area contributed by atoms with Crippen LogP contribution in [-0.2, 0) is 0 Å². The molecule has 1 heterocycles. The fraction of sp³-hybridized carbons (Fsp3) is 0.0667. The molecule has 3 aromatic rings. The molecular formula is C15H10BrClN2OS. The largest absolute Gasteiger partial charge is 0.298 e. The molecule has 6 heteroatoms. The zero-order valence-electron chi connectivity index (χ0n) is 11.0. The molecule has 106 valence electrons. The van der Waals surface area contributed by atoms with Crippen LogP contribution in [-0.4, -0.2) is 10.9 Å². The molecule has 2 aromatic carbocycles. The van der Waals surface area contributed by atoms with Crippen molar-refractivity contribution in [1.29, 1.82) is 0 Å². The normalized spacial score (nSPS) is 10.8. The molecule has 21 heavy (non-hydrogen) atoms. The second-order valence-electron chi connectivity index (χ2n) is 4.52. The van der Waals surface area contributed by atoms with Gasteiger partial charge in [-0.3, -0.25) is 10.1 Å². The highest BCUT2D eigenvalue weighted by molar-refractivity contribution is 9.10. The summed E-state index contributed by atoms with van der Waals surface area (Å²) in [6.07, 6.45) is 0. The minimum absolute atomic E-state index is 0.190. The fourth-order valence-corrected chi connectivity index (χ4v) is 3.80. The van der Waals surface area contributed by atoms with Crippen LogP contribution >= 0.6 is 38.9 Å². The van der Waals surface area contributed by atoms with Gasteiger partial charge in [0.2, 0.25) is 0 Å². The lowest BCUT2D eigenvalue weighted by molar-refractivity contribution is 0.102. The van der Waals surface area contributed by atoms with Crippen LogP contribution in [0.2, 0.25) is 5.02 Å². The third kappa shape index (κ3) is 2.95. The molecule has 0 aliphatic heterocycles. The summed E-state index contributed by atoms with van der Waals surface area (Å²) in [6.45, 7) is 1.95. The summed E-state index contributed by atoms with van der Waals surface area (Å²) < 4.78 is 1.71. The predicted octanol–water partition coefficient (Wildman–Crippen LogP) is 5.27. The lowest BCUT2D eigenvalue weighted by Gasteiger charge is -2.03. The Kier molecular flexibility index (Phi) is 3.97. The summed E-state index contributed by atoms with van der Waals surface area (Å²) in [5.41, 5.74) is 2.44. The molecule has 3 rings (SSSR count). The summed E-state index contributed by atoms with van der Waals surface area (Å²) >= 11 is 10.8. The number of carbonyl (C=O) groups is 1. The molecule has 0 spiro atoms. The molecule has 1 N–H and O–H groups in total. The van der Waals surface area contributed by atoms with Gasteiger partial charge in [-0.1, -0.05) is 35.1 Å². The smallest absolute Gasteiger partial charge is 0.258 e. The third-order valence-electron chi connectivity index (χ3n) is 2.99. The van der Waals surface area contributed by atoms with Gasteiger partial charge in [0.25, 0.3) is 5.91 Å². The van der Waals surface area contributed by atoms with E-state index < -0.39 is 0 Å². The van der Waals surface area contributed by atoms with Gasteiger partial charge in [0.1, 0.15) is 0 Å². The van der Waals surface area contributed by atoms with Crippen molar-refractivity contribution >= 4 is 60.1 Å². The number of anilines is 1. The van der Waals surface area contributed by atoms with E-state index in [9.17, 15) is 4.79 Å². The number of amides is 1. The van der Waals surface area contributed by atoms with Gasteiger partial charge in [-0.15, -0.1) is 0 Å². The van der Waals surface area contributed by atoms with E-state index in [4.69, 9.17) is 11.6 Å². The molecule has 1 aromatic heterocycles. The monoisotopic (exact) mass is 380 g/mol. The maximum atomic E-state index is 12.3. The van der Waals surface area contributed by atoms with Gasteiger partial charge in [0.15, 0.2) is 5.13 Å². The Balaban J connectivity index is 1.94. The van der Waals surface area contributed by atoms with E-state index in [1.807, 2.05) is 37.3 Å². The van der Waals surface area contributed by atoms with Crippen molar-refractivity contribution in [1.82, 2.24) is 4.98 Å². The van der Waals surface area contributed by atoms with Gasteiger partial charge in [0.05, 0.1) is 15.8 Å². The number of rotatable bonds is 2. The zero-order chi connectivity index (χ0) is 15.0. The van der Waals surface area contributed by atoms with E-state index in [0.717, 1.165) is 20.3 Å². The number of halogens is 2. The van der Waals surface area contributed by atoms with E-state index in [0.29, 0.717) is 15.7 Å². The average Bonchev–Trinajstić information content (AvgIpc) is 2.81. The van der Waals surface area contributed by atoms with E-state index in [-0.39, 0.29) is 5.91 Å². The van der Waals surface area contributed by atoms with Crippen molar-refractivity contribution in [3.8, 4) is 0 Å². The Morgan fingerprint density at radius 1 is 1.33 bits per heavy atom. The van der Waals surface area contributed by atoms with E-state index in [1.54, 1.807) is 6.07 Å². The molecule has 0 unspecified atom stereocenters. The van der Waals surface area contributed by atoms with Gasteiger partial charge in [-0.25, -0.2) is 4.98 Å². The SMILES string of the molecule is Cc1cc(Cl)cc2sc(NC(=O)c3ccccc3Br)nc12. The van der Waals surface area contributed by atoms with Crippen LogP contribution in [0.1, 0.15) is 15.9 Å². The molecule has 0 radical (unpaired) electrons. The number of thiazole rings is 1. The van der Waals surface area contributed by atoms with Gasteiger partial charge in [0, 0.05) is 9.50 Å². The van der Waals surface area contributed by atoms with Crippen LogP contribution in [0.4, 0.5) is 5.13 Å². The lowest BCUT2D eigenvalue weighted by atomic mass is 10.2. The standard InChI is InChI=1S/C15H10BrClN2OS/c1-8-6-9(17)7-12-13(8)18-15(21-12)19-14(20)10-4-2-3-5-11(10)16/h2-7H,1H3,(H,18,19,20). The molecule has 3 nitrogen and oxygen atoms in total. The van der Waals surface area contributed by atoms with Gasteiger partial charge >= 0.3 is 0 Å². The van der Waals surface area contributed by atoms with Crippen LogP contribution in [0.3, 0.4) is 0 Å². The van der Waals surface area contributed by atoms with Crippen molar-refractivity contribution < 1.29 is 4.79 Å². The quantitative estimate of drug-likeness (QED) is 0.657. The first-order valence-electron chi connectivity index (χ1n) is 6.17. The minimum Gasteiger partial charge on any atom is -0.298 e. The first kappa shape index (κ1) is 14.5. The van der Waals surface area contributed by atoms with Crippen LogP contribution in [0.25, 0.3) is 10.2 Å². The summed E-state index contributed by atoms with van der Waals surface area (Å²) in [4.78, 5) is 16.7. The molecule has 0 fully saturated rings. The number of hydrogen-bond acceptors (Lipinski definition) is 3. The van der Waals surface area contributed by atoms with Crippen molar-refractivity contribution in [2.45, 2.75) is 6.92 Å². The Bertz CT molecular complexity index is 847. The number of fused-ring (bicyclic) bond motifs is 1. The molecule has 1 amide bonds. The Morgan fingerprint density at radius 2 is 2.10 bits per heavy atom. The highest BCUT2D eigenvalue weighted by Gasteiger charge is 2.13. The van der Waals surface area contributed by atoms with Gasteiger partial charge < -0.3 is 0 Å². The Hall–Kier alpha value is -1.43. The summed E-state index contributed by atoms with van der Waals surface area (Å²) in [7, 11) is 0. The van der Waals surface area contributed by atoms with Crippen molar-refractivity contribution in [2.75, 3.05) is 5.32 Å². The van der Waals surface area contributed by atoms with Crippen molar-refractivity contribution in [3.05, 3.63) is 57.0 Å². The summed E-state index contributed by atoms with van der Waals surface area (Å²) in [5, 5.41) is 4.07. The van der Waals surface area contributed by atoms with Crippen LogP contribution in [0.5, 0.6) is 0 Å². The van der Waals surface area contributed by atoms with E-state index in [1.165, 1.54) is 11.3 Å². The number of aryl methyl sites for hydroxylation is 1. The molecular weight excluding hydrogens is 372 g/mol. The highest BCUT2D eigenvalue weighted by atomic mass is 79.9. The first-order valence-corrected chi connectivity index (χ1v) is 8.16. The van der Waals surface area contributed by atoms with E-state index >= 15 is 0 Å². The summed E-state index contributed by atoms with van der Waals surface area (Å²) in [6, 6.07) is 11.0. The Morgan fingerprint density at radius 3 is 2.86 bits per heavy atom. The van der Waals surface area contributed by atoms with Gasteiger partial charge in [-0.05, 0) is 52.7 Å². The first-order chi connectivity index (χ1) is 10.0. The second-order valence-corrected chi connectivity index (χ2v) is 6.84. The maximum absolute atomic E-state index is 12.3. The van der Waals surface area contributed by atoms with Crippen molar-refractivity contribution in [3.63, 3.8) is 0 Å². The number of benzene rings is 2. The second kappa shape index (κ2) is 5.75. The predicted molar refractivity (Wildman–Crippen MR) is 91.5 cm³/mol. The van der Waals surface area contributed by atoms with Crippen molar-refractivity contribution in [2.24, 2.45) is 0 Å². The number of carbonyl (C=O) groups excluding carboxylic acids is 1. The van der Waals surface area contributed by atoms with Crippen LogP contribution < -0.4 is 5.32 Å². The lowest BCUT2D eigenvalue weighted by Crippen LogP contribution is -2.12. The molecule has 0 aliphatic rings. The van der Waals surface area contributed by atoms with E-state index in [2.05, 4.69) is 26.2 Å². The number of aromatic nitrogens is 1. The molecule has 0 atom stereocenters. The van der Waals surface area contributed by atoms with Crippen LogP contribution in [0, 0.1) is 6.92 Å². The number of nitrogens with one attached hydrogen (secondary N) is 1. The maximum Gasteiger partial charge on any atom is 0.258 e. The highest BCUT2D eigenvalue weighted by Crippen LogP contribution is 2.31. The topological polar surface area (TPSA) is 42.0 Å². The summed E-state index contributed by atoms with van der Waals surface area (Å²) in [5.74, 6) is -0.190. The zero-order valence-corrected chi connectivity index (χ0v) is 14.1. The molecule has 0 saturated carbocycles. The third-order valence-corrected chi connectivity index (χ3v) is 4.82. The molecule has 0 saturated heterocycles. The fourth-order valence-electron chi connectivity index (χ4n) is 2.02. The minimum atomic E-state index is -0.190. The number of hydrogen-bond donors (Lipinski definition) is 1. The van der Waals surface area contributed by atoms with Gasteiger partial charge in [-0.2, -0.15) is 0 Å².